The Morgan fingerprint density at radius 3 is 1.84 bits per heavy atom. The predicted molar refractivity (Wildman–Crippen MR) is 102 cm³/mol. The normalized spacial score (nSPS) is 11.0. The van der Waals surface area contributed by atoms with E-state index in [9.17, 15) is 10.2 Å². The van der Waals surface area contributed by atoms with Crippen LogP contribution in [0.25, 0.3) is 0 Å². The van der Waals surface area contributed by atoms with Gasteiger partial charge in [0.1, 0.15) is 11.5 Å². The lowest BCUT2D eigenvalue weighted by Crippen LogP contribution is -2.09. The first kappa shape index (κ1) is 16.9. The van der Waals surface area contributed by atoms with E-state index in [2.05, 4.69) is 6.07 Å². The lowest BCUT2D eigenvalue weighted by atomic mass is 9.81. The molecule has 0 saturated heterocycles. The van der Waals surface area contributed by atoms with Crippen LogP contribution in [0.3, 0.4) is 0 Å². The molecule has 3 aromatic rings. The van der Waals surface area contributed by atoms with Crippen LogP contribution >= 0.6 is 0 Å². The average molecular weight is 333 g/mol. The smallest absolute Gasteiger partial charge is 0.118 e. The summed E-state index contributed by atoms with van der Waals surface area (Å²) in [4.78, 5) is 0. The van der Waals surface area contributed by atoms with Crippen molar-refractivity contribution in [3.05, 3.63) is 88.5 Å². The first-order valence-corrected chi connectivity index (χ1v) is 8.38. The average Bonchev–Trinajstić information content (AvgIpc) is 2.58. The molecule has 0 aliphatic heterocycles. The van der Waals surface area contributed by atoms with E-state index in [0.717, 1.165) is 39.9 Å². The topological polar surface area (TPSA) is 66.5 Å². The highest BCUT2D eigenvalue weighted by Gasteiger charge is 2.21. The monoisotopic (exact) mass is 333 g/mol. The van der Waals surface area contributed by atoms with Crippen LogP contribution in [0.2, 0.25) is 0 Å². The molecular formula is C22H23NO2. The Morgan fingerprint density at radius 1 is 0.800 bits per heavy atom. The van der Waals surface area contributed by atoms with Gasteiger partial charge in [-0.15, -0.1) is 0 Å². The van der Waals surface area contributed by atoms with Gasteiger partial charge < -0.3 is 15.9 Å². The summed E-state index contributed by atoms with van der Waals surface area (Å²) in [6, 6.07) is 19.1. The van der Waals surface area contributed by atoms with Crippen molar-refractivity contribution in [1.29, 1.82) is 0 Å². The number of aromatic hydroxyl groups is 2. The van der Waals surface area contributed by atoms with E-state index in [1.807, 2.05) is 56.3 Å². The second-order valence-electron chi connectivity index (χ2n) is 6.48. The third-order valence-electron chi connectivity index (χ3n) is 4.84. The number of phenolic OH excluding ortho intramolecular Hbond substituents is 2. The summed E-state index contributed by atoms with van der Waals surface area (Å²) in [7, 11) is 0. The minimum absolute atomic E-state index is 0.0148. The van der Waals surface area contributed by atoms with Gasteiger partial charge in [-0.1, -0.05) is 36.4 Å². The van der Waals surface area contributed by atoms with Gasteiger partial charge in [0.05, 0.1) is 0 Å². The lowest BCUT2D eigenvalue weighted by molar-refractivity contribution is 0.468. The van der Waals surface area contributed by atoms with Crippen molar-refractivity contribution in [2.24, 2.45) is 0 Å². The molecule has 0 amide bonds. The van der Waals surface area contributed by atoms with Crippen molar-refractivity contribution < 1.29 is 10.2 Å². The largest absolute Gasteiger partial charge is 0.508 e. The van der Waals surface area contributed by atoms with Gasteiger partial charge in [0.25, 0.3) is 0 Å². The van der Waals surface area contributed by atoms with E-state index < -0.39 is 0 Å². The van der Waals surface area contributed by atoms with Crippen molar-refractivity contribution in [2.45, 2.75) is 26.2 Å². The summed E-state index contributed by atoms with van der Waals surface area (Å²) in [6.45, 7) is 3.85. The zero-order chi connectivity index (χ0) is 18.0. The fraction of sp³-hybridized carbons (Fsp3) is 0.182. The highest BCUT2D eigenvalue weighted by molar-refractivity contribution is 5.50. The first-order valence-electron chi connectivity index (χ1n) is 8.38. The molecule has 0 aliphatic carbocycles. The summed E-state index contributed by atoms with van der Waals surface area (Å²) in [5.41, 5.74) is 11.6. The standard InChI is InChI=1S/C22H23NO2/c1-14-18(8-4-10-21(14)24)20(13-16-6-3-7-17(23)12-16)19-9-5-11-22(25)15(19)2/h3-12,20,24-25H,13,23H2,1-2H3. The molecule has 4 N–H and O–H groups in total. The molecule has 0 heterocycles. The highest BCUT2D eigenvalue weighted by atomic mass is 16.3. The van der Waals surface area contributed by atoms with Crippen LogP contribution in [-0.4, -0.2) is 10.2 Å². The molecule has 3 rings (SSSR count). The number of nitrogens with two attached hydrogens (primary N) is 1. The number of phenols is 2. The Kier molecular flexibility index (Phi) is 4.66. The molecule has 3 nitrogen and oxygen atoms in total. The van der Waals surface area contributed by atoms with Crippen molar-refractivity contribution >= 4 is 5.69 Å². The molecule has 0 radical (unpaired) electrons. The van der Waals surface area contributed by atoms with Crippen molar-refractivity contribution in [2.75, 3.05) is 5.73 Å². The highest BCUT2D eigenvalue weighted by Crippen LogP contribution is 2.37. The van der Waals surface area contributed by atoms with Crippen molar-refractivity contribution in [1.82, 2.24) is 0 Å². The number of benzene rings is 3. The van der Waals surface area contributed by atoms with Crippen LogP contribution in [0.15, 0.2) is 60.7 Å². The van der Waals surface area contributed by atoms with Gasteiger partial charge in [0, 0.05) is 11.6 Å². The van der Waals surface area contributed by atoms with Gasteiger partial charge in [0.15, 0.2) is 0 Å². The Hall–Kier alpha value is -2.94. The van der Waals surface area contributed by atoms with E-state index in [1.54, 1.807) is 12.1 Å². The van der Waals surface area contributed by atoms with Crippen LogP contribution in [-0.2, 0) is 6.42 Å². The molecule has 0 atom stereocenters. The number of rotatable bonds is 4. The number of hydrogen-bond donors (Lipinski definition) is 3. The molecule has 3 heteroatoms. The van der Waals surface area contributed by atoms with E-state index in [1.165, 1.54) is 0 Å². The molecule has 0 unspecified atom stereocenters. The maximum atomic E-state index is 10.2. The van der Waals surface area contributed by atoms with Gasteiger partial charge in [0.2, 0.25) is 0 Å². The minimum atomic E-state index is 0.0148. The fourth-order valence-electron chi connectivity index (χ4n) is 3.38. The summed E-state index contributed by atoms with van der Waals surface area (Å²) in [6.07, 6.45) is 0.736. The molecule has 25 heavy (non-hydrogen) atoms. The third-order valence-corrected chi connectivity index (χ3v) is 4.84. The molecule has 0 bridgehead atoms. The van der Waals surface area contributed by atoms with E-state index in [4.69, 9.17) is 5.73 Å². The van der Waals surface area contributed by atoms with Gasteiger partial charge in [-0.2, -0.15) is 0 Å². The maximum absolute atomic E-state index is 10.2. The Bertz CT molecular complexity index is 851. The number of anilines is 1. The molecule has 0 aromatic heterocycles. The van der Waals surface area contributed by atoms with Crippen molar-refractivity contribution in [3.63, 3.8) is 0 Å². The molecule has 0 aliphatic rings. The van der Waals surface area contributed by atoms with Crippen LogP contribution in [0, 0.1) is 13.8 Å². The van der Waals surface area contributed by atoms with Gasteiger partial charge in [-0.25, -0.2) is 0 Å². The number of hydrogen-bond acceptors (Lipinski definition) is 3. The summed E-state index contributed by atoms with van der Waals surface area (Å²) in [5, 5.41) is 20.3. The molecule has 0 spiro atoms. The SMILES string of the molecule is Cc1c(O)cccc1C(Cc1cccc(N)c1)c1cccc(O)c1C. The van der Waals surface area contributed by atoms with Crippen LogP contribution in [0.1, 0.15) is 33.7 Å². The Labute approximate surface area is 148 Å². The van der Waals surface area contributed by atoms with E-state index in [-0.39, 0.29) is 17.4 Å². The first-order chi connectivity index (χ1) is 12.0. The van der Waals surface area contributed by atoms with E-state index >= 15 is 0 Å². The Balaban J connectivity index is 2.14. The van der Waals surface area contributed by atoms with Crippen LogP contribution in [0.4, 0.5) is 5.69 Å². The zero-order valence-corrected chi connectivity index (χ0v) is 14.5. The Morgan fingerprint density at radius 2 is 1.32 bits per heavy atom. The lowest BCUT2D eigenvalue weighted by Gasteiger charge is -2.23. The van der Waals surface area contributed by atoms with Crippen LogP contribution < -0.4 is 5.73 Å². The maximum Gasteiger partial charge on any atom is 0.118 e. The summed E-state index contributed by atoms with van der Waals surface area (Å²) >= 11 is 0. The minimum Gasteiger partial charge on any atom is -0.508 e. The quantitative estimate of drug-likeness (QED) is 0.608. The summed E-state index contributed by atoms with van der Waals surface area (Å²) < 4.78 is 0. The molecule has 3 aromatic carbocycles. The van der Waals surface area contributed by atoms with Gasteiger partial charge >= 0.3 is 0 Å². The number of nitrogen functional groups attached to an aromatic ring is 1. The molecular weight excluding hydrogens is 310 g/mol. The van der Waals surface area contributed by atoms with Gasteiger partial charge in [-0.3, -0.25) is 0 Å². The van der Waals surface area contributed by atoms with Gasteiger partial charge in [-0.05, 0) is 72.4 Å². The van der Waals surface area contributed by atoms with Crippen molar-refractivity contribution in [3.8, 4) is 11.5 Å². The third kappa shape index (κ3) is 3.45. The molecule has 0 fully saturated rings. The summed E-state index contributed by atoms with van der Waals surface area (Å²) in [5.74, 6) is 0.585. The second kappa shape index (κ2) is 6.89. The predicted octanol–water partition coefficient (Wildman–Crippen LogP) is 4.67. The second-order valence-corrected chi connectivity index (χ2v) is 6.48. The molecule has 128 valence electrons. The zero-order valence-electron chi connectivity index (χ0n) is 14.5. The van der Waals surface area contributed by atoms with Crippen LogP contribution in [0.5, 0.6) is 11.5 Å². The molecule has 0 saturated carbocycles. The fourth-order valence-corrected chi connectivity index (χ4v) is 3.38. The van der Waals surface area contributed by atoms with E-state index in [0.29, 0.717) is 0 Å².